The van der Waals surface area contributed by atoms with Gasteiger partial charge in [-0.2, -0.15) is 12.6 Å². The number of thiol groups is 1. The van der Waals surface area contributed by atoms with Crippen LogP contribution < -0.4 is 0 Å². The predicted molar refractivity (Wildman–Crippen MR) is 62.1 cm³/mol. The van der Waals surface area contributed by atoms with Gasteiger partial charge in [0.25, 0.3) is 0 Å². The molecule has 0 spiro atoms. The van der Waals surface area contributed by atoms with Crippen molar-refractivity contribution in [2.75, 3.05) is 6.61 Å². The number of carboxylic acids is 1. The monoisotopic (exact) mass is 240 g/mol. The normalized spacial score (nSPS) is 11.9. The van der Waals surface area contributed by atoms with E-state index in [1.165, 1.54) is 12.1 Å². The predicted octanol–water partition coefficient (Wildman–Crippen LogP) is 1.86. The van der Waals surface area contributed by atoms with Crippen LogP contribution in [0.2, 0.25) is 0 Å². The second kappa shape index (κ2) is 5.55. The summed E-state index contributed by atoms with van der Waals surface area (Å²) in [5.74, 6) is -1.79. The minimum absolute atomic E-state index is 0.0562. The smallest absolute Gasteiger partial charge is 0.339 e. The fraction of sp³-hybridized carbons (Fsp3) is 0.273. The van der Waals surface area contributed by atoms with Crippen molar-refractivity contribution >= 4 is 24.6 Å². The molecule has 0 heterocycles. The van der Waals surface area contributed by atoms with Crippen LogP contribution in [0, 0.1) is 0 Å². The molecule has 0 aliphatic rings. The number of ether oxygens (including phenoxy) is 1. The van der Waals surface area contributed by atoms with Gasteiger partial charge in [-0.1, -0.05) is 19.1 Å². The largest absolute Gasteiger partial charge is 0.478 e. The lowest BCUT2D eigenvalue weighted by molar-refractivity contribution is 0.0500. The first-order valence-corrected chi connectivity index (χ1v) is 5.21. The third kappa shape index (κ3) is 3.27. The van der Waals surface area contributed by atoms with Crippen molar-refractivity contribution in [3.05, 3.63) is 35.4 Å². The van der Waals surface area contributed by atoms with Crippen LogP contribution >= 0.6 is 12.6 Å². The molecule has 0 aromatic heterocycles. The molecular formula is C11H12O4S. The van der Waals surface area contributed by atoms with Crippen molar-refractivity contribution in [2.45, 2.75) is 12.2 Å². The molecule has 0 saturated heterocycles. The van der Waals surface area contributed by atoms with E-state index >= 15 is 0 Å². The zero-order valence-electron chi connectivity index (χ0n) is 8.71. The third-order valence-corrected chi connectivity index (χ3v) is 1.98. The van der Waals surface area contributed by atoms with Gasteiger partial charge in [0, 0.05) is 5.25 Å². The van der Waals surface area contributed by atoms with Crippen LogP contribution in [0.25, 0.3) is 0 Å². The second-order valence-electron chi connectivity index (χ2n) is 3.30. The van der Waals surface area contributed by atoms with Gasteiger partial charge in [-0.05, 0) is 12.1 Å². The molecule has 0 bridgehead atoms. The number of rotatable bonds is 4. The Hall–Kier alpha value is -1.49. The van der Waals surface area contributed by atoms with Gasteiger partial charge in [-0.15, -0.1) is 0 Å². The molecule has 1 N–H and O–H groups in total. The lowest BCUT2D eigenvalue weighted by Crippen LogP contribution is -2.15. The summed E-state index contributed by atoms with van der Waals surface area (Å²) < 4.78 is 4.90. The minimum Gasteiger partial charge on any atom is -0.478 e. The lowest BCUT2D eigenvalue weighted by atomic mass is 10.1. The van der Waals surface area contributed by atoms with Gasteiger partial charge in [0.15, 0.2) is 0 Å². The van der Waals surface area contributed by atoms with Crippen molar-refractivity contribution < 1.29 is 19.4 Å². The molecule has 0 saturated carbocycles. The average Bonchev–Trinajstić information content (AvgIpc) is 2.25. The van der Waals surface area contributed by atoms with E-state index < -0.39 is 11.9 Å². The van der Waals surface area contributed by atoms with E-state index in [2.05, 4.69) is 12.6 Å². The van der Waals surface area contributed by atoms with E-state index in [0.29, 0.717) is 0 Å². The van der Waals surface area contributed by atoms with E-state index in [1.54, 1.807) is 19.1 Å². The highest BCUT2D eigenvalue weighted by molar-refractivity contribution is 7.80. The number of hydrogen-bond acceptors (Lipinski definition) is 4. The molecule has 1 aromatic rings. The van der Waals surface area contributed by atoms with Crippen LogP contribution in [0.15, 0.2) is 24.3 Å². The van der Waals surface area contributed by atoms with Crippen LogP contribution in [0.5, 0.6) is 0 Å². The Kier molecular flexibility index (Phi) is 4.37. The molecule has 86 valence electrons. The van der Waals surface area contributed by atoms with Crippen LogP contribution in [-0.2, 0) is 4.74 Å². The topological polar surface area (TPSA) is 63.6 Å². The Morgan fingerprint density at radius 2 is 1.94 bits per heavy atom. The fourth-order valence-corrected chi connectivity index (χ4v) is 1.20. The highest BCUT2D eigenvalue weighted by Gasteiger charge is 2.17. The van der Waals surface area contributed by atoms with Crippen molar-refractivity contribution in [3.63, 3.8) is 0 Å². The Bertz CT molecular complexity index is 401. The molecule has 16 heavy (non-hydrogen) atoms. The molecule has 4 nitrogen and oxygen atoms in total. The molecule has 0 radical (unpaired) electrons. The average molecular weight is 240 g/mol. The molecule has 1 rings (SSSR count). The quantitative estimate of drug-likeness (QED) is 0.623. The Balaban J connectivity index is 2.86. The van der Waals surface area contributed by atoms with Crippen molar-refractivity contribution in [3.8, 4) is 0 Å². The van der Waals surface area contributed by atoms with E-state index in [1.807, 2.05) is 0 Å². The Morgan fingerprint density at radius 1 is 1.38 bits per heavy atom. The van der Waals surface area contributed by atoms with Gasteiger partial charge in [-0.3, -0.25) is 0 Å². The fourth-order valence-electron chi connectivity index (χ4n) is 1.12. The summed E-state index contributed by atoms with van der Waals surface area (Å²) in [4.78, 5) is 22.4. The number of esters is 1. The lowest BCUT2D eigenvalue weighted by Gasteiger charge is -2.08. The summed E-state index contributed by atoms with van der Waals surface area (Å²) in [6, 6.07) is 5.94. The van der Waals surface area contributed by atoms with Crippen LogP contribution in [0.1, 0.15) is 27.6 Å². The summed E-state index contributed by atoms with van der Waals surface area (Å²) >= 11 is 4.06. The van der Waals surface area contributed by atoms with Crippen LogP contribution in [-0.4, -0.2) is 28.9 Å². The molecule has 0 fully saturated rings. The zero-order chi connectivity index (χ0) is 12.1. The maximum Gasteiger partial charge on any atom is 0.339 e. The first-order chi connectivity index (χ1) is 7.52. The molecular weight excluding hydrogens is 228 g/mol. The van der Waals surface area contributed by atoms with E-state index in [0.717, 1.165) is 0 Å². The highest BCUT2D eigenvalue weighted by atomic mass is 32.1. The summed E-state index contributed by atoms with van der Waals surface area (Å²) in [6.07, 6.45) is 0. The number of hydrogen-bond donors (Lipinski definition) is 2. The van der Waals surface area contributed by atoms with Crippen LogP contribution in [0.3, 0.4) is 0 Å². The van der Waals surface area contributed by atoms with Crippen molar-refractivity contribution in [1.29, 1.82) is 0 Å². The Morgan fingerprint density at radius 3 is 2.44 bits per heavy atom. The maximum absolute atomic E-state index is 11.6. The summed E-state index contributed by atoms with van der Waals surface area (Å²) in [5.41, 5.74) is 0.00306. The van der Waals surface area contributed by atoms with E-state index in [-0.39, 0.29) is 23.0 Å². The van der Waals surface area contributed by atoms with E-state index in [9.17, 15) is 9.59 Å². The number of carboxylic acid groups (broad SMARTS) is 1. The highest BCUT2D eigenvalue weighted by Crippen LogP contribution is 2.10. The molecule has 0 aliphatic heterocycles. The standard InChI is InChI=1S/C11H12O4S/c1-7(16)6-15-11(14)9-5-3-2-4-8(9)10(12)13/h2-5,7,16H,6H2,1H3,(H,12,13). The van der Waals surface area contributed by atoms with Gasteiger partial charge in [0.05, 0.1) is 11.1 Å². The molecule has 0 aliphatic carbocycles. The summed E-state index contributed by atoms with van der Waals surface area (Å²) in [5, 5.41) is 8.79. The first-order valence-electron chi connectivity index (χ1n) is 4.70. The SMILES string of the molecule is CC(S)COC(=O)c1ccccc1C(=O)O. The van der Waals surface area contributed by atoms with Gasteiger partial charge < -0.3 is 9.84 Å². The first kappa shape index (κ1) is 12.6. The van der Waals surface area contributed by atoms with Crippen LogP contribution in [0.4, 0.5) is 0 Å². The van der Waals surface area contributed by atoms with E-state index in [4.69, 9.17) is 9.84 Å². The zero-order valence-corrected chi connectivity index (χ0v) is 9.61. The van der Waals surface area contributed by atoms with Crippen molar-refractivity contribution in [2.24, 2.45) is 0 Å². The van der Waals surface area contributed by atoms with Gasteiger partial charge in [0.1, 0.15) is 6.61 Å². The number of carbonyl (C=O) groups is 2. The van der Waals surface area contributed by atoms with Gasteiger partial charge >= 0.3 is 11.9 Å². The number of carbonyl (C=O) groups excluding carboxylic acids is 1. The summed E-state index contributed by atoms with van der Waals surface area (Å²) in [7, 11) is 0. The number of aromatic carboxylic acids is 1. The third-order valence-electron chi connectivity index (χ3n) is 1.83. The molecule has 1 unspecified atom stereocenters. The number of benzene rings is 1. The van der Waals surface area contributed by atoms with Gasteiger partial charge in [0.2, 0.25) is 0 Å². The Labute approximate surface area is 98.6 Å². The second-order valence-corrected chi connectivity index (χ2v) is 4.18. The minimum atomic E-state index is -1.15. The molecule has 5 heteroatoms. The molecule has 0 amide bonds. The molecule has 1 aromatic carbocycles. The maximum atomic E-state index is 11.6. The summed E-state index contributed by atoms with van der Waals surface area (Å²) in [6.45, 7) is 1.93. The molecule has 1 atom stereocenters. The van der Waals surface area contributed by atoms with Gasteiger partial charge in [-0.25, -0.2) is 9.59 Å². The van der Waals surface area contributed by atoms with Crippen molar-refractivity contribution in [1.82, 2.24) is 0 Å².